The van der Waals surface area contributed by atoms with Gasteiger partial charge in [-0.25, -0.2) is 0 Å². The summed E-state index contributed by atoms with van der Waals surface area (Å²) in [6.45, 7) is 10.3. The van der Waals surface area contributed by atoms with Crippen molar-refractivity contribution in [2.45, 2.75) is 39.3 Å². The van der Waals surface area contributed by atoms with Crippen LogP contribution in [0.15, 0.2) is 48.5 Å². The third-order valence-electron chi connectivity index (χ3n) is 5.90. The maximum Gasteiger partial charge on any atom is 0.258 e. The summed E-state index contributed by atoms with van der Waals surface area (Å²) in [7, 11) is 2.17. The van der Waals surface area contributed by atoms with E-state index in [4.69, 9.17) is 4.74 Å². The molecule has 0 radical (unpaired) electrons. The molecule has 162 valence electrons. The van der Waals surface area contributed by atoms with Crippen LogP contribution in [0, 0.1) is 0 Å². The van der Waals surface area contributed by atoms with Crippen LogP contribution >= 0.6 is 0 Å². The quantitative estimate of drug-likeness (QED) is 0.687. The summed E-state index contributed by atoms with van der Waals surface area (Å²) < 4.78 is 5.82. The van der Waals surface area contributed by atoms with Crippen LogP contribution in [0.5, 0.6) is 5.75 Å². The summed E-state index contributed by atoms with van der Waals surface area (Å²) in [5.74, 6) is 1.11. The maximum absolute atomic E-state index is 12.3. The van der Waals surface area contributed by atoms with Crippen molar-refractivity contribution in [1.29, 1.82) is 0 Å². The molecular weight excluding hydrogens is 374 g/mol. The standard InChI is InChI=1S/C25H35N3O2/c1-4-20(2)23-10-5-6-11-24(23)30-19-25(29)26-17-21-8-7-9-22(16-21)18-28-14-12-27(3)13-15-28/h5-11,16,20H,4,12-15,17-19H2,1-3H3,(H,26,29). The third-order valence-corrected chi connectivity index (χ3v) is 5.90. The molecule has 0 aromatic heterocycles. The van der Waals surface area contributed by atoms with Crippen LogP contribution in [0.2, 0.25) is 0 Å². The van der Waals surface area contributed by atoms with Gasteiger partial charge in [0.15, 0.2) is 6.61 Å². The maximum atomic E-state index is 12.3. The number of carbonyl (C=O) groups is 1. The minimum atomic E-state index is -0.0987. The molecule has 1 amide bonds. The van der Waals surface area contributed by atoms with Crippen molar-refractivity contribution in [2.75, 3.05) is 39.8 Å². The topological polar surface area (TPSA) is 44.8 Å². The molecule has 1 heterocycles. The lowest BCUT2D eigenvalue weighted by Gasteiger charge is -2.32. The number of hydrogen-bond acceptors (Lipinski definition) is 4. The number of hydrogen-bond donors (Lipinski definition) is 1. The minimum Gasteiger partial charge on any atom is -0.483 e. The van der Waals surface area contributed by atoms with Crippen LogP contribution < -0.4 is 10.1 Å². The van der Waals surface area contributed by atoms with Gasteiger partial charge in [-0.05, 0) is 42.1 Å². The molecule has 1 aliphatic heterocycles. The van der Waals surface area contributed by atoms with Gasteiger partial charge in [-0.3, -0.25) is 9.69 Å². The van der Waals surface area contributed by atoms with E-state index in [1.54, 1.807) is 0 Å². The van der Waals surface area contributed by atoms with E-state index in [1.807, 2.05) is 18.2 Å². The zero-order chi connectivity index (χ0) is 21.3. The fourth-order valence-electron chi connectivity index (χ4n) is 3.74. The van der Waals surface area contributed by atoms with E-state index in [1.165, 1.54) is 5.56 Å². The smallest absolute Gasteiger partial charge is 0.258 e. The lowest BCUT2D eigenvalue weighted by Crippen LogP contribution is -2.43. The van der Waals surface area contributed by atoms with Gasteiger partial charge in [0.2, 0.25) is 0 Å². The van der Waals surface area contributed by atoms with E-state index in [0.29, 0.717) is 12.5 Å². The van der Waals surface area contributed by atoms with Gasteiger partial charge >= 0.3 is 0 Å². The van der Waals surface area contributed by atoms with Crippen molar-refractivity contribution >= 4 is 5.91 Å². The lowest BCUT2D eigenvalue weighted by atomic mass is 9.98. The SMILES string of the molecule is CCC(C)c1ccccc1OCC(=O)NCc1cccc(CN2CCN(C)CC2)c1. The van der Waals surface area contributed by atoms with Gasteiger partial charge in [-0.2, -0.15) is 0 Å². The number of para-hydroxylation sites is 1. The Morgan fingerprint density at radius 1 is 1.07 bits per heavy atom. The van der Waals surface area contributed by atoms with Crippen LogP contribution in [-0.2, 0) is 17.9 Å². The van der Waals surface area contributed by atoms with Gasteiger partial charge in [-0.15, -0.1) is 0 Å². The predicted octanol–water partition coefficient (Wildman–Crippen LogP) is 3.64. The first kappa shape index (κ1) is 22.3. The molecule has 1 N–H and O–H groups in total. The second kappa shape index (κ2) is 11.1. The molecule has 3 rings (SSSR count). The summed E-state index contributed by atoms with van der Waals surface area (Å²) in [5.41, 5.74) is 3.57. The number of piperazine rings is 1. The van der Waals surface area contributed by atoms with Gasteiger partial charge in [0.05, 0.1) is 0 Å². The summed E-state index contributed by atoms with van der Waals surface area (Å²) >= 11 is 0. The van der Waals surface area contributed by atoms with E-state index in [-0.39, 0.29) is 12.5 Å². The largest absolute Gasteiger partial charge is 0.483 e. The Kier molecular flexibility index (Phi) is 8.29. The molecule has 30 heavy (non-hydrogen) atoms. The first-order valence-corrected chi connectivity index (χ1v) is 11.0. The number of rotatable bonds is 9. The highest BCUT2D eigenvalue weighted by atomic mass is 16.5. The fourth-order valence-corrected chi connectivity index (χ4v) is 3.74. The molecule has 0 bridgehead atoms. The summed E-state index contributed by atoms with van der Waals surface area (Å²) in [4.78, 5) is 17.2. The van der Waals surface area contributed by atoms with E-state index in [2.05, 4.69) is 66.3 Å². The van der Waals surface area contributed by atoms with E-state index < -0.39 is 0 Å². The molecule has 0 spiro atoms. The molecule has 0 saturated carbocycles. The van der Waals surface area contributed by atoms with E-state index in [0.717, 1.165) is 56.0 Å². The Morgan fingerprint density at radius 2 is 1.80 bits per heavy atom. The number of ether oxygens (including phenoxy) is 1. The predicted molar refractivity (Wildman–Crippen MR) is 122 cm³/mol. The van der Waals surface area contributed by atoms with Crippen molar-refractivity contribution in [3.05, 3.63) is 65.2 Å². The van der Waals surface area contributed by atoms with Gasteiger partial charge in [-0.1, -0.05) is 56.3 Å². The second-order valence-corrected chi connectivity index (χ2v) is 8.31. The number of nitrogens with zero attached hydrogens (tertiary/aromatic N) is 2. The van der Waals surface area contributed by atoms with Gasteiger partial charge < -0.3 is 15.0 Å². The Bertz CT molecular complexity index is 816. The Hall–Kier alpha value is -2.37. The van der Waals surface area contributed by atoms with Crippen LogP contribution in [0.25, 0.3) is 0 Å². The average Bonchev–Trinajstić information content (AvgIpc) is 2.78. The normalized spacial score (nSPS) is 16.2. The van der Waals surface area contributed by atoms with E-state index in [9.17, 15) is 4.79 Å². The molecule has 5 heteroatoms. The number of benzene rings is 2. The van der Waals surface area contributed by atoms with Crippen LogP contribution in [-0.4, -0.2) is 55.5 Å². The molecule has 1 unspecified atom stereocenters. The van der Waals surface area contributed by atoms with Crippen molar-refractivity contribution in [1.82, 2.24) is 15.1 Å². The number of carbonyl (C=O) groups excluding carboxylic acids is 1. The summed E-state index contributed by atoms with van der Waals surface area (Å²) in [6, 6.07) is 16.5. The fraction of sp³-hybridized carbons (Fsp3) is 0.480. The zero-order valence-corrected chi connectivity index (χ0v) is 18.6. The molecule has 1 fully saturated rings. The zero-order valence-electron chi connectivity index (χ0n) is 18.6. The van der Waals surface area contributed by atoms with Crippen molar-refractivity contribution in [2.24, 2.45) is 0 Å². The van der Waals surface area contributed by atoms with Crippen LogP contribution in [0.1, 0.15) is 42.9 Å². The highest BCUT2D eigenvalue weighted by Gasteiger charge is 2.14. The number of amides is 1. The van der Waals surface area contributed by atoms with Crippen molar-refractivity contribution in [3.8, 4) is 5.75 Å². The molecule has 0 aliphatic carbocycles. The number of likely N-dealkylation sites (N-methyl/N-ethyl adjacent to an activating group) is 1. The van der Waals surface area contributed by atoms with Crippen LogP contribution in [0.3, 0.4) is 0 Å². The van der Waals surface area contributed by atoms with Crippen molar-refractivity contribution < 1.29 is 9.53 Å². The third kappa shape index (κ3) is 6.57. The van der Waals surface area contributed by atoms with Crippen LogP contribution in [0.4, 0.5) is 0 Å². The summed E-state index contributed by atoms with van der Waals surface area (Å²) in [6.07, 6.45) is 1.04. The van der Waals surface area contributed by atoms with Gasteiger partial charge in [0.25, 0.3) is 5.91 Å². The van der Waals surface area contributed by atoms with Gasteiger partial charge in [0, 0.05) is 39.3 Å². The first-order chi connectivity index (χ1) is 14.5. The highest BCUT2D eigenvalue weighted by molar-refractivity contribution is 5.77. The lowest BCUT2D eigenvalue weighted by molar-refractivity contribution is -0.123. The Morgan fingerprint density at radius 3 is 2.57 bits per heavy atom. The second-order valence-electron chi connectivity index (χ2n) is 8.31. The number of nitrogens with one attached hydrogen (secondary N) is 1. The average molecular weight is 410 g/mol. The Labute approximate surface area is 181 Å². The monoisotopic (exact) mass is 409 g/mol. The van der Waals surface area contributed by atoms with Gasteiger partial charge in [0.1, 0.15) is 5.75 Å². The molecule has 1 atom stereocenters. The molecule has 1 saturated heterocycles. The van der Waals surface area contributed by atoms with E-state index >= 15 is 0 Å². The molecular formula is C25H35N3O2. The summed E-state index contributed by atoms with van der Waals surface area (Å²) in [5, 5.41) is 2.98. The molecule has 2 aromatic rings. The first-order valence-electron chi connectivity index (χ1n) is 11.0. The Balaban J connectivity index is 1.47. The molecule has 2 aromatic carbocycles. The van der Waals surface area contributed by atoms with Crippen molar-refractivity contribution in [3.63, 3.8) is 0 Å². The molecule has 5 nitrogen and oxygen atoms in total. The highest BCUT2D eigenvalue weighted by Crippen LogP contribution is 2.28. The molecule has 1 aliphatic rings. The minimum absolute atomic E-state index is 0.0361.